The summed E-state index contributed by atoms with van der Waals surface area (Å²) in [7, 11) is 0. The first-order chi connectivity index (χ1) is 9.81. The maximum Gasteiger partial charge on any atom is 0.257 e. The molecule has 1 aromatic carbocycles. The highest BCUT2D eigenvalue weighted by molar-refractivity contribution is 6.34. The van der Waals surface area contributed by atoms with Crippen LogP contribution in [0.4, 0.5) is 5.82 Å². The van der Waals surface area contributed by atoms with Crippen LogP contribution >= 0.6 is 0 Å². The van der Waals surface area contributed by atoms with Gasteiger partial charge in [-0.3, -0.25) is 9.89 Å². The van der Waals surface area contributed by atoms with Crippen molar-refractivity contribution in [3.63, 3.8) is 0 Å². The molecular weight excluding hydrogens is 252 g/mol. The summed E-state index contributed by atoms with van der Waals surface area (Å²) in [5, 5.41) is 10.7. The van der Waals surface area contributed by atoms with E-state index < -0.39 is 0 Å². The fraction of sp³-hybridized carbons (Fsp3) is 0. The van der Waals surface area contributed by atoms with Gasteiger partial charge in [-0.2, -0.15) is 5.10 Å². The van der Waals surface area contributed by atoms with Crippen LogP contribution in [0.25, 0.3) is 22.6 Å². The maximum absolute atomic E-state index is 12.0. The zero-order valence-electron chi connectivity index (χ0n) is 10.4. The van der Waals surface area contributed by atoms with Crippen LogP contribution in [0.2, 0.25) is 0 Å². The lowest BCUT2D eigenvalue weighted by Crippen LogP contribution is -2.04. The van der Waals surface area contributed by atoms with Crippen molar-refractivity contribution >= 4 is 34.3 Å². The molecule has 0 radical (unpaired) electrons. The van der Waals surface area contributed by atoms with Gasteiger partial charge < -0.3 is 5.32 Å². The van der Waals surface area contributed by atoms with Gasteiger partial charge in [-0.1, -0.05) is 6.07 Å². The van der Waals surface area contributed by atoms with E-state index in [1.807, 2.05) is 36.4 Å². The number of carbonyl (C=O) groups excluding carboxylic acids is 1. The summed E-state index contributed by atoms with van der Waals surface area (Å²) >= 11 is 0. The van der Waals surface area contributed by atoms with Gasteiger partial charge in [0.25, 0.3) is 5.91 Å². The summed E-state index contributed by atoms with van der Waals surface area (Å²) in [5.41, 5.74) is 3.41. The third-order valence-electron chi connectivity index (χ3n) is 3.35. The second-order valence-corrected chi connectivity index (χ2v) is 4.63. The molecule has 0 spiro atoms. The second kappa shape index (κ2) is 4.03. The van der Waals surface area contributed by atoms with Crippen molar-refractivity contribution in [1.82, 2.24) is 15.2 Å². The molecule has 4 rings (SSSR count). The van der Waals surface area contributed by atoms with Gasteiger partial charge in [0, 0.05) is 17.1 Å². The van der Waals surface area contributed by atoms with Gasteiger partial charge in [0.1, 0.15) is 5.82 Å². The SMILES string of the molecule is O=C1Nc2ncccc2C1=Cc1ccc2[nH]ncc2c1. The largest absolute Gasteiger partial charge is 0.306 e. The van der Waals surface area contributed by atoms with Gasteiger partial charge >= 0.3 is 0 Å². The first-order valence-corrected chi connectivity index (χ1v) is 6.23. The molecular formula is C15H10N4O. The first-order valence-electron chi connectivity index (χ1n) is 6.23. The van der Waals surface area contributed by atoms with Crippen molar-refractivity contribution in [3.8, 4) is 0 Å². The highest BCUT2D eigenvalue weighted by atomic mass is 16.2. The van der Waals surface area contributed by atoms with Gasteiger partial charge in [-0.05, 0) is 35.9 Å². The predicted octanol–water partition coefficient (Wildman–Crippen LogP) is 2.45. The molecule has 5 heteroatoms. The Kier molecular flexibility index (Phi) is 2.20. The first kappa shape index (κ1) is 10.9. The minimum atomic E-state index is -0.119. The monoisotopic (exact) mass is 262 g/mol. The maximum atomic E-state index is 12.0. The van der Waals surface area contributed by atoms with Crippen molar-refractivity contribution in [2.75, 3.05) is 5.32 Å². The Balaban J connectivity index is 1.85. The minimum absolute atomic E-state index is 0.119. The fourth-order valence-electron chi connectivity index (χ4n) is 2.38. The molecule has 96 valence electrons. The van der Waals surface area contributed by atoms with Crippen LogP contribution in [0.15, 0.2) is 42.7 Å². The number of aromatic amines is 1. The number of aromatic nitrogens is 3. The number of rotatable bonds is 1. The van der Waals surface area contributed by atoms with Crippen LogP contribution in [-0.2, 0) is 4.79 Å². The Labute approximate surface area is 114 Å². The zero-order chi connectivity index (χ0) is 13.5. The van der Waals surface area contributed by atoms with E-state index in [0.717, 1.165) is 22.0 Å². The molecule has 20 heavy (non-hydrogen) atoms. The molecule has 0 saturated carbocycles. The topological polar surface area (TPSA) is 70.7 Å². The molecule has 1 aliphatic rings. The number of fused-ring (bicyclic) bond motifs is 2. The average molecular weight is 262 g/mol. The fourth-order valence-corrected chi connectivity index (χ4v) is 2.38. The molecule has 3 heterocycles. The highest BCUT2D eigenvalue weighted by Gasteiger charge is 2.24. The number of hydrogen-bond donors (Lipinski definition) is 2. The van der Waals surface area contributed by atoms with E-state index in [2.05, 4.69) is 20.5 Å². The summed E-state index contributed by atoms with van der Waals surface area (Å²) in [6, 6.07) is 9.61. The molecule has 1 aliphatic heterocycles. The van der Waals surface area contributed by atoms with E-state index in [4.69, 9.17) is 0 Å². The van der Waals surface area contributed by atoms with Crippen molar-refractivity contribution in [2.45, 2.75) is 0 Å². The Morgan fingerprint density at radius 1 is 1.20 bits per heavy atom. The number of pyridine rings is 1. The number of anilines is 1. The molecule has 2 aromatic heterocycles. The zero-order valence-corrected chi connectivity index (χ0v) is 10.4. The lowest BCUT2D eigenvalue weighted by atomic mass is 10.0. The standard InChI is InChI=1S/C15H10N4O/c20-15-12(11-2-1-5-16-14(11)18-15)7-9-3-4-13-10(6-9)8-17-19-13/h1-8H,(H,17,19)(H,16,18,20). The summed E-state index contributed by atoms with van der Waals surface area (Å²) in [4.78, 5) is 16.2. The third-order valence-corrected chi connectivity index (χ3v) is 3.35. The molecule has 3 aromatic rings. The highest BCUT2D eigenvalue weighted by Crippen LogP contribution is 2.31. The Morgan fingerprint density at radius 2 is 2.15 bits per heavy atom. The summed E-state index contributed by atoms with van der Waals surface area (Å²) in [5.74, 6) is 0.499. The molecule has 0 aliphatic carbocycles. The lowest BCUT2D eigenvalue weighted by Gasteiger charge is -1.98. The van der Waals surface area contributed by atoms with Crippen LogP contribution in [0.1, 0.15) is 11.1 Å². The Morgan fingerprint density at radius 3 is 3.10 bits per heavy atom. The summed E-state index contributed by atoms with van der Waals surface area (Å²) < 4.78 is 0. The van der Waals surface area contributed by atoms with Crippen LogP contribution in [0.5, 0.6) is 0 Å². The van der Waals surface area contributed by atoms with E-state index in [0.29, 0.717) is 11.4 Å². The van der Waals surface area contributed by atoms with Crippen LogP contribution in [0, 0.1) is 0 Å². The second-order valence-electron chi connectivity index (χ2n) is 4.63. The molecule has 0 bridgehead atoms. The van der Waals surface area contributed by atoms with Crippen molar-refractivity contribution in [3.05, 3.63) is 53.9 Å². The van der Waals surface area contributed by atoms with Crippen molar-refractivity contribution in [1.29, 1.82) is 0 Å². The minimum Gasteiger partial charge on any atom is -0.306 e. The average Bonchev–Trinajstić information content (AvgIpc) is 3.04. The number of carbonyl (C=O) groups is 1. The molecule has 1 amide bonds. The molecule has 2 N–H and O–H groups in total. The van der Waals surface area contributed by atoms with Gasteiger partial charge in [0.2, 0.25) is 0 Å². The Hall–Kier alpha value is -2.95. The van der Waals surface area contributed by atoms with Gasteiger partial charge in [0.15, 0.2) is 0 Å². The van der Waals surface area contributed by atoms with E-state index in [1.165, 1.54) is 0 Å². The van der Waals surface area contributed by atoms with E-state index in [9.17, 15) is 4.79 Å². The van der Waals surface area contributed by atoms with Crippen LogP contribution in [-0.4, -0.2) is 21.1 Å². The lowest BCUT2D eigenvalue weighted by molar-refractivity contribution is -0.110. The van der Waals surface area contributed by atoms with Crippen LogP contribution in [0.3, 0.4) is 0 Å². The van der Waals surface area contributed by atoms with E-state index in [1.54, 1.807) is 12.4 Å². The molecule has 0 fully saturated rings. The molecule has 0 saturated heterocycles. The number of H-pyrrole nitrogens is 1. The van der Waals surface area contributed by atoms with Gasteiger partial charge in [-0.15, -0.1) is 0 Å². The third kappa shape index (κ3) is 1.60. The predicted molar refractivity (Wildman–Crippen MR) is 76.8 cm³/mol. The quantitative estimate of drug-likeness (QED) is 0.662. The molecule has 5 nitrogen and oxygen atoms in total. The number of nitrogens with one attached hydrogen (secondary N) is 2. The van der Waals surface area contributed by atoms with Crippen molar-refractivity contribution < 1.29 is 4.79 Å². The number of hydrogen-bond acceptors (Lipinski definition) is 3. The summed E-state index contributed by atoms with van der Waals surface area (Å²) in [6.07, 6.45) is 5.30. The molecule has 0 unspecified atom stereocenters. The van der Waals surface area contributed by atoms with E-state index >= 15 is 0 Å². The normalized spacial score (nSPS) is 15.6. The van der Waals surface area contributed by atoms with Gasteiger partial charge in [0.05, 0.1) is 17.3 Å². The van der Waals surface area contributed by atoms with E-state index in [-0.39, 0.29) is 5.91 Å². The smallest absolute Gasteiger partial charge is 0.257 e. The number of nitrogens with zero attached hydrogens (tertiary/aromatic N) is 2. The Bertz CT molecular complexity index is 863. The molecule has 0 atom stereocenters. The van der Waals surface area contributed by atoms with Crippen LogP contribution < -0.4 is 5.32 Å². The number of amides is 1. The van der Waals surface area contributed by atoms with Crippen molar-refractivity contribution in [2.24, 2.45) is 0 Å². The number of benzene rings is 1. The van der Waals surface area contributed by atoms with Gasteiger partial charge in [-0.25, -0.2) is 4.98 Å². The summed E-state index contributed by atoms with van der Waals surface area (Å²) in [6.45, 7) is 0.